The van der Waals surface area contributed by atoms with Gasteiger partial charge in [-0.2, -0.15) is 0 Å². The topological polar surface area (TPSA) is 99.2 Å². The lowest BCUT2D eigenvalue weighted by atomic mass is 10.1. The number of hydrogen-bond donors (Lipinski definition) is 2. The van der Waals surface area contributed by atoms with Crippen LogP contribution in [0.4, 0.5) is 0 Å². The summed E-state index contributed by atoms with van der Waals surface area (Å²) in [5.41, 5.74) is 4.69. The quantitative estimate of drug-likeness (QED) is 0.312. The first kappa shape index (κ1) is 18.7. The molecule has 0 bridgehead atoms. The number of nitrogens with one attached hydrogen (secondary N) is 1. The van der Waals surface area contributed by atoms with E-state index in [0.717, 1.165) is 24.0 Å². The van der Waals surface area contributed by atoms with Crippen LogP contribution in [0.1, 0.15) is 41.4 Å². The number of aryl methyl sites for hydroxylation is 3. The number of pyridine rings is 1. The Morgan fingerprint density at radius 1 is 1.32 bits per heavy atom. The van der Waals surface area contributed by atoms with E-state index in [1.165, 1.54) is 0 Å². The normalized spacial score (nSPS) is 10.5. The Balaban J connectivity index is 2.03. The molecular formula is C18H24N4O3. The first-order valence-corrected chi connectivity index (χ1v) is 8.38. The van der Waals surface area contributed by atoms with Gasteiger partial charge in [-0.1, -0.05) is 6.07 Å². The van der Waals surface area contributed by atoms with Crippen LogP contribution in [0.2, 0.25) is 0 Å². The predicted molar refractivity (Wildman–Crippen MR) is 93.6 cm³/mol. The van der Waals surface area contributed by atoms with Crippen molar-refractivity contribution in [2.45, 2.75) is 39.2 Å². The third-order valence-corrected chi connectivity index (χ3v) is 3.83. The molecule has 2 aromatic rings. The highest BCUT2D eigenvalue weighted by molar-refractivity contribution is 5.88. The van der Waals surface area contributed by atoms with Crippen molar-refractivity contribution in [1.82, 2.24) is 15.0 Å². The fourth-order valence-corrected chi connectivity index (χ4v) is 2.60. The Bertz CT molecular complexity index is 698. The van der Waals surface area contributed by atoms with E-state index >= 15 is 0 Å². The Morgan fingerprint density at radius 3 is 2.84 bits per heavy atom. The van der Waals surface area contributed by atoms with Gasteiger partial charge in [-0.3, -0.25) is 15.2 Å². The second kappa shape index (κ2) is 9.58. The van der Waals surface area contributed by atoms with Crippen LogP contribution in [0.3, 0.4) is 0 Å². The van der Waals surface area contributed by atoms with Gasteiger partial charge in [0.15, 0.2) is 0 Å². The number of nitrogens with zero attached hydrogens (tertiary/aromatic N) is 2. The predicted octanol–water partition coefficient (Wildman–Crippen LogP) is 1.62. The first-order chi connectivity index (χ1) is 12.1. The van der Waals surface area contributed by atoms with E-state index < -0.39 is 0 Å². The molecule has 0 unspecified atom stereocenters. The smallest absolute Gasteiger partial charge is 0.354 e. The molecule has 0 aliphatic rings. The van der Waals surface area contributed by atoms with Gasteiger partial charge in [-0.25, -0.2) is 10.6 Å². The largest absolute Gasteiger partial charge is 0.461 e. The molecule has 0 aliphatic carbocycles. The van der Waals surface area contributed by atoms with Crippen LogP contribution in [-0.2, 0) is 28.9 Å². The average molecular weight is 344 g/mol. The van der Waals surface area contributed by atoms with E-state index in [1.807, 2.05) is 29.1 Å². The minimum Gasteiger partial charge on any atom is -0.461 e. The summed E-state index contributed by atoms with van der Waals surface area (Å²) in [7, 11) is 0. The zero-order valence-electron chi connectivity index (χ0n) is 14.4. The van der Waals surface area contributed by atoms with Crippen LogP contribution in [0, 0.1) is 0 Å². The van der Waals surface area contributed by atoms with Gasteiger partial charge in [-0.05, 0) is 49.4 Å². The number of nitrogens with two attached hydrogens (primary N) is 1. The molecule has 7 nitrogen and oxygen atoms in total. The maximum atomic E-state index is 12.2. The minimum atomic E-state index is -0.349. The molecule has 3 N–H and O–H groups in total. The maximum Gasteiger partial charge on any atom is 0.354 e. The molecule has 0 aliphatic heterocycles. The molecule has 1 amide bonds. The standard InChI is InChI=1S/C18H24N4O3/c1-2-25-18(24)16-11-15(7-8-17(23)21-19)13-22(16)10-4-6-14-5-3-9-20-12-14/h3,5,9,11-13H,2,4,6-8,10,19H2,1H3,(H,21,23). The fraction of sp³-hybridized carbons (Fsp3) is 0.389. The van der Waals surface area contributed by atoms with Crippen molar-refractivity contribution in [1.29, 1.82) is 0 Å². The van der Waals surface area contributed by atoms with Crippen molar-refractivity contribution in [2.24, 2.45) is 5.84 Å². The van der Waals surface area contributed by atoms with Crippen LogP contribution >= 0.6 is 0 Å². The first-order valence-electron chi connectivity index (χ1n) is 8.38. The number of esters is 1. The summed E-state index contributed by atoms with van der Waals surface area (Å²) in [5, 5.41) is 0. The Kier molecular flexibility index (Phi) is 7.16. The highest BCUT2D eigenvalue weighted by atomic mass is 16.5. The zero-order chi connectivity index (χ0) is 18.1. The van der Waals surface area contributed by atoms with Crippen molar-refractivity contribution >= 4 is 11.9 Å². The lowest BCUT2D eigenvalue weighted by molar-refractivity contribution is -0.121. The Morgan fingerprint density at radius 2 is 2.16 bits per heavy atom. The van der Waals surface area contributed by atoms with Gasteiger partial charge in [0, 0.05) is 31.6 Å². The fourth-order valence-electron chi connectivity index (χ4n) is 2.60. The molecule has 2 aromatic heterocycles. The molecule has 0 fully saturated rings. The zero-order valence-corrected chi connectivity index (χ0v) is 14.4. The van der Waals surface area contributed by atoms with Gasteiger partial charge >= 0.3 is 5.97 Å². The number of rotatable bonds is 9. The van der Waals surface area contributed by atoms with Gasteiger partial charge in [0.25, 0.3) is 0 Å². The van der Waals surface area contributed by atoms with Gasteiger partial charge in [0.05, 0.1) is 6.61 Å². The van der Waals surface area contributed by atoms with E-state index in [1.54, 1.807) is 19.2 Å². The summed E-state index contributed by atoms with van der Waals surface area (Å²) in [6, 6.07) is 5.73. The molecule has 0 saturated carbocycles. The van der Waals surface area contributed by atoms with E-state index in [2.05, 4.69) is 10.4 Å². The SMILES string of the molecule is CCOC(=O)c1cc(CCC(=O)NN)cn1CCCc1cccnc1. The monoisotopic (exact) mass is 344 g/mol. The van der Waals surface area contributed by atoms with E-state index in [0.29, 0.717) is 25.3 Å². The number of carbonyl (C=O) groups is 2. The third-order valence-electron chi connectivity index (χ3n) is 3.83. The van der Waals surface area contributed by atoms with E-state index in [9.17, 15) is 9.59 Å². The Hall–Kier alpha value is -2.67. The van der Waals surface area contributed by atoms with Crippen LogP contribution in [0.5, 0.6) is 0 Å². The summed E-state index contributed by atoms with van der Waals surface area (Å²) in [6.45, 7) is 2.79. The highest BCUT2D eigenvalue weighted by Gasteiger charge is 2.15. The summed E-state index contributed by atoms with van der Waals surface area (Å²) < 4.78 is 7.02. The van der Waals surface area contributed by atoms with E-state index in [4.69, 9.17) is 10.6 Å². The third kappa shape index (κ3) is 5.72. The average Bonchev–Trinajstić information content (AvgIpc) is 3.04. The lowest BCUT2D eigenvalue weighted by Crippen LogP contribution is -2.30. The summed E-state index contributed by atoms with van der Waals surface area (Å²) >= 11 is 0. The molecule has 0 radical (unpaired) electrons. The molecule has 7 heteroatoms. The van der Waals surface area contributed by atoms with Crippen LogP contribution in [0.15, 0.2) is 36.8 Å². The van der Waals surface area contributed by atoms with Gasteiger partial charge < -0.3 is 9.30 Å². The van der Waals surface area contributed by atoms with Crippen molar-refractivity contribution in [2.75, 3.05) is 6.61 Å². The van der Waals surface area contributed by atoms with Gasteiger partial charge in [-0.15, -0.1) is 0 Å². The van der Waals surface area contributed by atoms with Crippen molar-refractivity contribution in [3.63, 3.8) is 0 Å². The van der Waals surface area contributed by atoms with Gasteiger partial charge in [0.2, 0.25) is 5.91 Å². The summed E-state index contributed by atoms with van der Waals surface area (Å²) in [5.74, 6) is 4.51. The summed E-state index contributed by atoms with van der Waals surface area (Å²) in [6.07, 6.45) is 8.04. The number of aromatic nitrogens is 2. The molecular weight excluding hydrogens is 320 g/mol. The Labute approximate surface area is 147 Å². The van der Waals surface area contributed by atoms with Crippen LogP contribution < -0.4 is 11.3 Å². The number of ether oxygens (including phenoxy) is 1. The summed E-state index contributed by atoms with van der Waals surface area (Å²) in [4.78, 5) is 27.6. The van der Waals surface area contributed by atoms with Crippen LogP contribution in [-0.4, -0.2) is 28.0 Å². The number of hydrazine groups is 1. The number of carbonyl (C=O) groups excluding carboxylic acids is 2. The molecule has 0 atom stereocenters. The molecule has 0 saturated heterocycles. The molecule has 25 heavy (non-hydrogen) atoms. The molecule has 0 aromatic carbocycles. The molecule has 2 rings (SSSR count). The molecule has 0 spiro atoms. The molecule has 2 heterocycles. The number of hydrogen-bond acceptors (Lipinski definition) is 5. The maximum absolute atomic E-state index is 12.2. The van der Waals surface area contributed by atoms with Crippen LogP contribution in [0.25, 0.3) is 0 Å². The van der Waals surface area contributed by atoms with E-state index in [-0.39, 0.29) is 18.3 Å². The highest BCUT2D eigenvalue weighted by Crippen LogP contribution is 2.14. The van der Waals surface area contributed by atoms with Crippen molar-refractivity contribution in [3.05, 3.63) is 53.6 Å². The lowest BCUT2D eigenvalue weighted by Gasteiger charge is -2.08. The van der Waals surface area contributed by atoms with Gasteiger partial charge in [0.1, 0.15) is 5.69 Å². The second-order valence-electron chi connectivity index (χ2n) is 5.68. The number of amides is 1. The second-order valence-corrected chi connectivity index (χ2v) is 5.68. The van der Waals surface area contributed by atoms with Crippen molar-refractivity contribution in [3.8, 4) is 0 Å². The van der Waals surface area contributed by atoms with Crippen molar-refractivity contribution < 1.29 is 14.3 Å². The minimum absolute atomic E-state index is 0.234. The molecule has 134 valence electrons.